The number of benzene rings is 2. The zero-order chi connectivity index (χ0) is 20.2. The first-order valence-electron chi connectivity index (χ1n) is 9.28. The predicted octanol–water partition coefficient (Wildman–Crippen LogP) is 4.25. The molecule has 4 rings (SSSR count). The minimum absolute atomic E-state index is 0.0324. The Balaban J connectivity index is 1.27. The van der Waals surface area contributed by atoms with Gasteiger partial charge < -0.3 is 15.4 Å². The minimum atomic E-state index is -0.285. The van der Waals surface area contributed by atoms with E-state index in [2.05, 4.69) is 10.6 Å². The molecule has 0 fully saturated rings. The maximum Gasteiger partial charge on any atom is 0.261 e. The molecule has 0 aliphatic carbocycles. The van der Waals surface area contributed by atoms with Gasteiger partial charge in [0.15, 0.2) is 0 Å². The van der Waals surface area contributed by atoms with Crippen LogP contribution in [0.15, 0.2) is 54.6 Å². The van der Waals surface area contributed by atoms with E-state index in [4.69, 9.17) is 4.74 Å². The van der Waals surface area contributed by atoms with E-state index in [1.54, 1.807) is 24.3 Å². The summed E-state index contributed by atoms with van der Waals surface area (Å²) in [6, 6.07) is 15.4. The molecular weight excluding hydrogens is 391 g/mol. The molecule has 0 saturated carbocycles. The van der Waals surface area contributed by atoms with E-state index in [1.807, 2.05) is 18.2 Å². The van der Waals surface area contributed by atoms with Crippen LogP contribution in [-0.2, 0) is 11.2 Å². The molecule has 0 saturated heterocycles. The number of carbonyl (C=O) groups excluding carboxylic acids is 2. The Labute approximate surface area is 171 Å². The summed E-state index contributed by atoms with van der Waals surface area (Å²) >= 11 is 1.36. The average Bonchev–Trinajstić information content (AvgIpc) is 3.22. The van der Waals surface area contributed by atoms with Crippen LogP contribution >= 0.6 is 11.3 Å². The summed E-state index contributed by atoms with van der Waals surface area (Å²) in [6.45, 7) is 0.712. The third kappa shape index (κ3) is 4.63. The number of thiophene rings is 1. The molecule has 5 nitrogen and oxygen atoms in total. The molecule has 7 heteroatoms. The Morgan fingerprint density at radius 2 is 1.93 bits per heavy atom. The van der Waals surface area contributed by atoms with Gasteiger partial charge in [0.05, 0.1) is 11.4 Å². The Morgan fingerprint density at radius 1 is 1.10 bits per heavy atom. The van der Waals surface area contributed by atoms with Crippen molar-refractivity contribution < 1.29 is 18.7 Å². The topological polar surface area (TPSA) is 67.4 Å². The molecule has 1 aliphatic heterocycles. The predicted molar refractivity (Wildman–Crippen MR) is 111 cm³/mol. The van der Waals surface area contributed by atoms with Gasteiger partial charge in [-0.25, -0.2) is 4.39 Å². The van der Waals surface area contributed by atoms with Crippen LogP contribution in [0.5, 0.6) is 5.75 Å². The molecule has 0 spiro atoms. The third-order valence-corrected chi connectivity index (χ3v) is 5.72. The van der Waals surface area contributed by atoms with Crippen molar-refractivity contribution in [1.29, 1.82) is 0 Å². The zero-order valence-corrected chi connectivity index (χ0v) is 16.4. The standard InChI is InChI=1S/C22H19FN2O3S/c23-16-4-1-14(2-5-16)19-8-9-20(29-19)22(27)24-11-12-28-17-6-7-18-15(13-17)3-10-21(26)25-18/h1-2,4-9,13H,3,10-12H2,(H,24,27)(H,25,26). The highest BCUT2D eigenvalue weighted by Gasteiger charge is 2.15. The summed E-state index contributed by atoms with van der Waals surface area (Å²) in [6.07, 6.45) is 1.18. The Bertz CT molecular complexity index is 1050. The lowest BCUT2D eigenvalue weighted by Gasteiger charge is -2.17. The monoisotopic (exact) mass is 410 g/mol. The van der Waals surface area contributed by atoms with Crippen LogP contribution in [0.3, 0.4) is 0 Å². The van der Waals surface area contributed by atoms with Gasteiger partial charge >= 0.3 is 0 Å². The maximum absolute atomic E-state index is 13.0. The molecule has 148 valence electrons. The molecule has 2 heterocycles. The number of hydrogen-bond donors (Lipinski definition) is 2. The second kappa shape index (κ2) is 8.45. The van der Waals surface area contributed by atoms with Crippen LogP contribution in [0.2, 0.25) is 0 Å². The molecule has 0 atom stereocenters. The molecule has 3 aromatic rings. The lowest BCUT2D eigenvalue weighted by atomic mass is 10.0. The van der Waals surface area contributed by atoms with Crippen molar-refractivity contribution in [2.24, 2.45) is 0 Å². The Hall–Kier alpha value is -3.19. The van der Waals surface area contributed by atoms with Crippen LogP contribution in [-0.4, -0.2) is 25.0 Å². The molecule has 2 amide bonds. The largest absolute Gasteiger partial charge is 0.492 e. The second-order valence-corrected chi connectivity index (χ2v) is 7.73. The van der Waals surface area contributed by atoms with Gasteiger partial charge in [-0.3, -0.25) is 9.59 Å². The van der Waals surface area contributed by atoms with Gasteiger partial charge in [0.1, 0.15) is 18.2 Å². The number of ether oxygens (including phenoxy) is 1. The first-order chi connectivity index (χ1) is 14.1. The van der Waals surface area contributed by atoms with Crippen molar-refractivity contribution >= 4 is 28.8 Å². The van der Waals surface area contributed by atoms with Gasteiger partial charge in [-0.05, 0) is 60.0 Å². The summed E-state index contributed by atoms with van der Waals surface area (Å²) in [4.78, 5) is 25.2. The molecule has 29 heavy (non-hydrogen) atoms. The number of rotatable bonds is 6. The van der Waals surface area contributed by atoms with Gasteiger partial charge in [-0.2, -0.15) is 0 Å². The van der Waals surface area contributed by atoms with E-state index < -0.39 is 0 Å². The average molecular weight is 410 g/mol. The van der Waals surface area contributed by atoms with E-state index in [-0.39, 0.29) is 17.6 Å². The lowest BCUT2D eigenvalue weighted by molar-refractivity contribution is -0.116. The maximum atomic E-state index is 13.0. The van der Waals surface area contributed by atoms with Crippen molar-refractivity contribution in [3.05, 3.63) is 70.9 Å². The highest BCUT2D eigenvalue weighted by molar-refractivity contribution is 7.17. The Morgan fingerprint density at radius 3 is 2.76 bits per heavy atom. The number of amides is 2. The molecule has 2 N–H and O–H groups in total. The summed E-state index contributed by atoms with van der Waals surface area (Å²) in [5.41, 5.74) is 2.76. The van der Waals surface area contributed by atoms with E-state index in [0.29, 0.717) is 36.6 Å². The first kappa shape index (κ1) is 19.1. The molecule has 1 aliphatic rings. The number of fused-ring (bicyclic) bond motifs is 1. The number of aryl methyl sites for hydroxylation is 1. The molecule has 0 unspecified atom stereocenters. The molecule has 0 bridgehead atoms. The van der Waals surface area contributed by atoms with Crippen molar-refractivity contribution in [3.8, 4) is 16.2 Å². The molecule has 1 aromatic heterocycles. The van der Waals surface area contributed by atoms with Crippen molar-refractivity contribution in [2.75, 3.05) is 18.5 Å². The number of nitrogens with one attached hydrogen (secondary N) is 2. The normalized spacial score (nSPS) is 12.8. The van der Waals surface area contributed by atoms with E-state index >= 15 is 0 Å². The van der Waals surface area contributed by atoms with Gasteiger partial charge in [0.2, 0.25) is 5.91 Å². The number of carbonyl (C=O) groups is 2. The van der Waals surface area contributed by atoms with Crippen LogP contribution in [0, 0.1) is 5.82 Å². The third-order valence-electron chi connectivity index (χ3n) is 4.59. The fourth-order valence-electron chi connectivity index (χ4n) is 3.10. The van der Waals surface area contributed by atoms with Crippen molar-refractivity contribution in [3.63, 3.8) is 0 Å². The SMILES string of the molecule is O=C1CCc2cc(OCCNC(=O)c3ccc(-c4ccc(F)cc4)s3)ccc2N1. The number of hydrogen-bond acceptors (Lipinski definition) is 4. The fraction of sp³-hybridized carbons (Fsp3) is 0.182. The zero-order valence-electron chi connectivity index (χ0n) is 15.5. The fourth-order valence-corrected chi connectivity index (χ4v) is 4.03. The van der Waals surface area contributed by atoms with Crippen LogP contribution in [0.4, 0.5) is 10.1 Å². The van der Waals surface area contributed by atoms with E-state index in [9.17, 15) is 14.0 Å². The van der Waals surface area contributed by atoms with Crippen molar-refractivity contribution in [2.45, 2.75) is 12.8 Å². The number of halogens is 1. The lowest BCUT2D eigenvalue weighted by Crippen LogP contribution is -2.27. The summed E-state index contributed by atoms with van der Waals surface area (Å²) < 4.78 is 18.8. The van der Waals surface area contributed by atoms with Gasteiger partial charge in [-0.15, -0.1) is 11.3 Å². The quantitative estimate of drug-likeness (QED) is 0.597. The summed E-state index contributed by atoms with van der Waals surface area (Å²) in [5, 5.41) is 5.68. The molecular formula is C22H19FN2O3S. The van der Waals surface area contributed by atoms with Crippen molar-refractivity contribution in [1.82, 2.24) is 5.32 Å². The Kier molecular flexibility index (Phi) is 5.57. The number of anilines is 1. The van der Waals surface area contributed by atoms with Gasteiger partial charge in [0.25, 0.3) is 5.91 Å². The summed E-state index contributed by atoms with van der Waals surface area (Å²) in [7, 11) is 0. The summed E-state index contributed by atoms with van der Waals surface area (Å²) in [5.74, 6) is 0.293. The molecule has 0 radical (unpaired) electrons. The highest BCUT2D eigenvalue weighted by Crippen LogP contribution is 2.28. The van der Waals surface area contributed by atoms with E-state index in [0.717, 1.165) is 21.7 Å². The van der Waals surface area contributed by atoms with Crippen LogP contribution in [0.1, 0.15) is 21.7 Å². The van der Waals surface area contributed by atoms with E-state index in [1.165, 1.54) is 23.5 Å². The first-order valence-corrected chi connectivity index (χ1v) is 10.1. The highest BCUT2D eigenvalue weighted by atomic mass is 32.1. The molecule has 2 aromatic carbocycles. The van der Waals surface area contributed by atoms with Gasteiger partial charge in [-0.1, -0.05) is 12.1 Å². The second-order valence-electron chi connectivity index (χ2n) is 6.64. The van der Waals surface area contributed by atoms with Crippen LogP contribution in [0.25, 0.3) is 10.4 Å². The van der Waals surface area contributed by atoms with Crippen LogP contribution < -0.4 is 15.4 Å². The minimum Gasteiger partial charge on any atom is -0.492 e. The van der Waals surface area contributed by atoms with Gasteiger partial charge in [0, 0.05) is 17.0 Å². The smallest absolute Gasteiger partial charge is 0.261 e.